The van der Waals surface area contributed by atoms with Gasteiger partial charge in [-0.05, 0) is 25.3 Å². The van der Waals surface area contributed by atoms with Crippen molar-refractivity contribution in [2.45, 2.75) is 25.7 Å². The monoisotopic (exact) mass is 251 g/mol. The Morgan fingerprint density at radius 3 is 2.89 bits per heavy atom. The van der Waals surface area contributed by atoms with Gasteiger partial charge >= 0.3 is 0 Å². The fraction of sp³-hybridized carbons (Fsp3) is 0.538. The molecule has 0 spiro atoms. The molecule has 1 aliphatic heterocycles. The number of amides is 1. The molecule has 0 atom stereocenters. The van der Waals surface area contributed by atoms with Crippen LogP contribution < -0.4 is 5.32 Å². The van der Waals surface area contributed by atoms with Gasteiger partial charge in [0.25, 0.3) is 0 Å². The van der Waals surface area contributed by atoms with Gasteiger partial charge in [0.05, 0.1) is 0 Å². The van der Waals surface area contributed by atoms with E-state index < -0.39 is 5.95 Å². The van der Waals surface area contributed by atoms with E-state index in [0.717, 1.165) is 25.9 Å². The first-order chi connectivity index (χ1) is 8.75. The summed E-state index contributed by atoms with van der Waals surface area (Å²) in [6.45, 7) is 2.28. The van der Waals surface area contributed by atoms with Crippen LogP contribution in [0.1, 0.15) is 25.7 Å². The Hall–Kier alpha value is -1.65. The third kappa shape index (κ3) is 3.68. The van der Waals surface area contributed by atoms with E-state index in [1.54, 1.807) is 6.07 Å². The fourth-order valence-corrected chi connectivity index (χ4v) is 2.13. The zero-order valence-corrected chi connectivity index (χ0v) is 10.4. The number of nitrogens with zero attached hydrogens (tertiary/aromatic N) is 2. The van der Waals surface area contributed by atoms with Crippen molar-refractivity contribution in [2.75, 3.05) is 25.0 Å². The number of pyridine rings is 1. The standard InChI is InChI=1S/C13H18FN3O/c14-12-10-11(4-6-16-12)15-7-5-13(18)17-8-2-1-3-9-17/h4,6,10H,1-3,5,7-9H2,(H,15,16). The molecule has 2 heterocycles. The summed E-state index contributed by atoms with van der Waals surface area (Å²) in [4.78, 5) is 17.2. The van der Waals surface area contributed by atoms with Crippen molar-refractivity contribution in [2.24, 2.45) is 0 Å². The summed E-state index contributed by atoms with van der Waals surface area (Å²) in [6.07, 6.45) is 5.29. The van der Waals surface area contributed by atoms with Gasteiger partial charge in [-0.25, -0.2) is 4.98 Å². The largest absolute Gasteiger partial charge is 0.384 e. The van der Waals surface area contributed by atoms with E-state index >= 15 is 0 Å². The number of rotatable bonds is 4. The predicted octanol–water partition coefficient (Wildman–Crippen LogP) is 2.04. The van der Waals surface area contributed by atoms with Gasteiger partial charge < -0.3 is 10.2 Å². The highest BCUT2D eigenvalue weighted by Gasteiger charge is 2.15. The van der Waals surface area contributed by atoms with Crippen molar-refractivity contribution in [3.63, 3.8) is 0 Å². The smallest absolute Gasteiger partial charge is 0.224 e. The molecular weight excluding hydrogens is 233 g/mol. The Kier molecular flexibility index (Phi) is 4.50. The van der Waals surface area contributed by atoms with E-state index in [1.165, 1.54) is 18.7 Å². The maximum Gasteiger partial charge on any atom is 0.224 e. The summed E-state index contributed by atoms with van der Waals surface area (Å²) < 4.78 is 12.8. The number of carbonyl (C=O) groups excluding carboxylic acids is 1. The molecule has 1 fully saturated rings. The van der Waals surface area contributed by atoms with Gasteiger partial charge in [0, 0.05) is 44.0 Å². The molecule has 0 saturated carbocycles. The van der Waals surface area contributed by atoms with Gasteiger partial charge in [0.2, 0.25) is 11.9 Å². The lowest BCUT2D eigenvalue weighted by Crippen LogP contribution is -2.36. The van der Waals surface area contributed by atoms with E-state index in [2.05, 4.69) is 10.3 Å². The highest BCUT2D eigenvalue weighted by Crippen LogP contribution is 2.10. The molecule has 1 amide bonds. The Morgan fingerprint density at radius 2 is 2.17 bits per heavy atom. The van der Waals surface area contributed by atoms with E-state index in [4.69, 9.17) is 0 Å². The summed E-state index contributed by atoms with van der Waals surface area (Å²) in [5, 5.41) is 3.03. The minimum absolute atomic E-state index is 0.178. The molecule has 4 nitrogen and oxygen atoms in total. The second-order valence-electron chi connectivity index (χ2n) is 4.49. The highest BCUT2D eigenvalue weighted by atomic mass is 19.1. The third-order valence-electron chi connectivity index (χ3n) is 3.10. The van der Waals surface area contributed by atoms with Crippen LogP contribution in [-0.2, 0) is 4.79 Å². The fourth-order valence-electron chi connectivity index (χ4n) is 2.13. The van der Waals surface area contributed by atoms with Crippen LogP contribution in [0.5, 0.6) is 0 Å². The molecule has 0 bridgehead atoms. The van der Waals surface area contributed by atoms with Gasteiger partial charge in [-0.15, -0.1) is 0 Å². The van der Waals surface area contributed by atoms with Crippen LogP contribution in [0, 0.1) is 5.95 Å². The van der Waals surface area contributed by atoms with Crippen LogP contribution in [0.25, 0.3) is 0 Å². The van der Waals surface area contributed by atoms with Gasteiger partial charge in [-0.3, -0.25) is 4.79 Å². The van der Waals surface area contributed by atoms with Crippen molar-refractivity contribution < 1.29 is 9.18 Å². The zero-order valence-electron chi connectivity index (χ0n) is 10.4. The zero-order chi connectivity index (χ0) is 12.8. The number of piperidine rings is 1. The van der Waals surface area contributed by atoms with E-state index in [0.29, 0.717) is 18.7 Å². The molecule has 98 valence electrons. The van der Waals surface area contributed by atoms with Crippen molar-refractivity contribution in [1.29, 1.82) is 0 Å². The number of anilines is 1. The second kappa shape index (κ2) is 6.33. The van der Waals surface area contributed by atoms with Gasteiger partial charge in [0.15, 0.2) is 0 Å². The van der Waals surface area contributed by atoms with Crippen LogP contribution in [0.15, 0.2) is 18.3 Å². The molecule has 1 saturated heterocycles. The summed E-state index contributed by atoms with van der Waals surface area (Å²) in [5.41, 5.74) is 0.661. The maximum absolute atomic E-state index is 12.8. The number of halogens is 1. The molecule has 5 heteroatoms. The topological polar surface area (TPSA) is 45.2 Å². The van der Waals surface area contributed by atoms with Crippen molar-refractivity contribution >= 4 is 11.6 Å². The second-order valence-corrected chi connectivity index (χ2v) is 4.49. The van der Waals surface area contributed by atoms with Gasteiger partial charge in [-0.2, -0.15) is 4.39 Å². The Bertz CT molecular complexity index is 405. The number of nitrogens with one attached hydrogen (secondary N) is 1. The molecule has 1 aromatic heterocycles. The van der Waals surface area contributed by atoms with Crippen LogP contribution in [0.4, 0.5) is 10.1 Å². The Morgan fingerprint density at radius 1 is 1.39 bits per heavy atom. The number of carbonyl (C=O) groups is 1. The molecule has 0 aromatic carbocycles. The van der Waals surface area contributed by atoms with Crippen LogP contribution >= 0.6 is 0 Å². The first-order valence-corrected chi connectivity index (χ1v) is 6.39. The Balaban J connectivity index is 1.73. The molecule has 2 rings (SSSR count). The number of hydrogen-bond acceptors (Lipinski definition) is 3. The highest BCUT2D eigenvalue weighted by molar-refractivity contribution is 5.76. The van der Waals surface area contributed by atoms with Gasteiger partial charge in [-0.1, -0.05) is 0 Å². The van der Waals surface area contributed by atoms with Crippen LogP contribution in [0.3, 0.4) is 0 Å². The van der Waals surface area contributed by atoms with Crippen LogP contribution in [-0.4, -0.2) is 35.4 Å². The summed E-state index contributed by atoms with van der Waals surface area (Å²) >= 11 is 0. The minimum atomic E-state index is -0.512. The lowest BCUT2D eigenvalue weighted by atomic mass is 10.1. The quantitative estimate of drug-likeness (QED) is 0.833. The van der Waals surface area contributed by atoms with E-state index in [9.17, 15) is 9.18 Å². The summed E-state index contributed by atoms with van der Waals surface area (Å²) in [6, 6.07) is 3.01. The third-order valence-corrected chi connectivity index (χ3v) is 3.10. The average Bonchev–Trinajstić information content (AvgIpc) is 2.40. The molecule has 18 heavy (non-hydrogen) atoms. The number of hydrogen-bond donors (Lipinski definition) is 1. The first kappa shape index (κ1) is 12.8. The summed E-state index contributed by atoms with van der Waals surface area (Å²) in [5.74, 6) is -0.334. The molecule has 0 unspecified atom stereocenters. The average molecular weight is 251 g/mol. The number of likely N-dealkylation sites (tertiary alicyclic amines) is 1. The first-order valence-electron chi connectivity index (χ1n) is 6.39. The van der Waals surface area contributed by atoms with E-state index in [1.807, 2.05) is 4.90 Å². The predicted molar refractivity (Wildman–Crippen MR) is 67.7 cm³/mol. The normalized spacial score (nSPS) is 15.5. The lowest BCUT2D eigenvalue weighted by Gasteiger charge is -2.26. The molecule has 1 aliphatic rings. The molecule has 1 aromatic rings. The Labute approximate surface area is 106 Å². The van der Waals surface area contributed by atoms with Crippen LogP contribution in [0.2, 0.25) is 0 Å². The molecule has 0 aliphatic carbocycles. The van der Waals surface area contributed by atoms with Crippen molar-refractivity contribution in [1.82, 2.24) is 9.88 Å². The lowest BCUT2D eigenvalue weighted by molar-refractivity contribution is -0.131. The van der Waals surface area contributed by atoms with Crippen molar-refractivity contribution in [3.05, 3.63) is 24.3 Å². The maximum atomic E-state index is 12.8. The number of aromatic nitrogens is 1. The molecule has 1 N–H and O–H groups in total. The minimum Gasteiger partial charge on any atom is -0.384 e. The van der Waals surface area contributed by atoms with Gasteiger partial charge in [0.1, 0.15) is 0 Å². The van der Waals surface area contributed by atoms with Crippen molar-refractivity contribution in [3.8, 4) is 0 Å². The SMILES string of the molecule is O=C(CCNc1ccnc(F)c1)N1CCCCC1. The van der Waals surface area contributed by atoms with E-state index in [-0.39, 0.29) is 5.91 Å². The molecular formula is C13H18FN3O. The summed E-state index contributed by atoms with van der Waals surface area (Å²) in [7, 11) is 0. The molecule has 0 radical (unpaired) electrons.